The predicted octanol–water partition coefficient (Wildman–Crippen LogP) is 5.86. The van der Waals surface area contributed by atoms with E-state index >= 15 is 0 Å². The highest BCUT2D eigenvalue weighted by molar-refractivity contribution is 6.31. The zero-order valence-corrected chi connectivity index (χ0v) is 18.3. The maximum Gasteiger partial charge on any atom is 0.246 e. The summed E-state index contributed by atoms with van der Waals surface area (Å²) >= 11 is 6.23. The van der Waals surface area contributed by atoms with E-state index in [2.05, 4.69) is 5.32 Å². The van der Waals surface area contributed by atoms with Crippen LogP contribution in [0, 0.1) is 6.92 Å². The molecule has 0 bridgehead atoms. The number of benzene rings is 3. The molecule has 0 aliphatic carbocycles. The van der Waals surface area contributed by atoms with Crippen molar-refractivity contribution in [1.29, 1.82) is 0 Å². The van der Waals surface area contributed by atoms with Crippen LogP contribution < -0.4 is 10.1 Å². The van der Waals surface area contributed by atoms with Crippen LogP contribution in [0.1, 0.15) is 29.7 Å². The Kier molecular flexibility index (Phi) is 7.50. The van der Waals surface area contributed by atoms with Gasteiger partial charge in [0.25, 0.3) is 0 Å². The highest BCUT2D eigenvalue weighted by Gasteiger charge is 2.25. The zero-order chi connectivity index (χ0) is 21.5. The van der Waals surface area contributed by atoms with Gasteiger partial charge in [0.2, 0.25) is 5.91 Å². The Bertz CT molecular complexity index is 974. The third-order valence-corrected chi connectivity index (χ3v) is 5.32. The normalized spacial score (nSPS) is 11.9. The number of aryl methyl sites for hydroxylation is 1. The quantitative estimate of drug-likeness (QED) is 0.494. The standard InChI is InChI=1S/C25H27ClN2O2/c1-4-30-22-14-11-19(12-15-22)17-28(3)24(20-8-6-5-7-9-20)25(29)27-21-13-10-18(2)23(26)16-21/h5-16,24H,4,17H2,1-3H3,(H,27,29)/t24-/m0/s1. The van der Waals surface area contributed by atoms with Crippen LogP contribution in [0.3, 0.4) is 0 Å². The number of ether oxygens (including phenoxy) is 1. The third-order valence-electron chi connectivity index (χ3n) is 4.91. The molecule has 0 saturated heterocycles. The van der Waals surface area contributed by atoms with Gasteiger partial charge in [-0.15, -0.1) is 0 Å². The lowest BCUT2D eigenvalue weighted by Gasteiger charge is -2.28. The van der Waals surface area contributed by atoms with E-state index in [1.54, 1.807) is 6.07 Å². The maximum atomic E-state index is 13.3. The van der Waals surface area contributed by atoms with Crippen LogP contribution in [0.2, 0.25) is 5.02 Å². The maximum absolute atomic E-state index is 13.3. The second kappa shape index (κ2) is 10.3. The van der Waals surface area contributed by atoms with E-state index in [4.69, 9.17) is 16.3 Å². The van der Waals surface area contributed by atoms with Gasteiger partial charge in [-0.3, -0.25) is 9.69 Å². The van der Waals surface area contributed by atoms with E-state index in [-0.39, 0.29) is 5.91 Å². The topological polar surface area (TPSA) is 41.6 Å². The fourth-order valence-electron chi connectivity index (χ4n) is 3.36. The lowest BCUT2D eigenvalue weighted by molar-refractivity contribution is -0.121. The average Bonchev–Trinajstić information content (AvgIpc) is 2.73. The summed E-state index contributed by atoms with van der Waals surface area (Å²) in [5, 5.41) is 3.65. The summed E-state index contributed by atoms with van der Waals surface area (Å²) in [5.74, 6) is 0.743. The molecule has 0 saturated carbocycles. The molecule has 1 atom stereocenters. The van der Waals surface area contributed by atoms with Gasteiger partial charge in [-0.25, -0.2) is 0 Å². The Morgan fingerprint density at radius 3 is 2.40 bits per heavy atom. The number of anilines is 1. The van der Waals surface area contributed by atoms with Crippen molar-refractivity contribution < 1.29 is 9.53 Å². The predicted molar refractivity (Wildman–Crippen MR) is 123 cm³/mol. The smallest absolute Gasteiger partial charge is 0.246 e. The van der Waals surface area contributed by atoms with Crippen molar-refractivity contribution in [3.63, 3.8) is 0 Å². The lowest BCUT2D eigenvalue weighted by Crippen LogP contribution is -2.34. The molecule has 0 unspecified atom stereocenters. The Balaban J connectivity index is 1.81. The molecule has 0 fully saturated rings. The van der Waals surface area contributed by atoms with Gasteiger partial charge in [-0.2, -0.15) is 0 Å². The minimum atomic E-state index is -0.446. The van der Waals surface area contributed by atoms with Gasteiger partial charge in [0.05, 0.1) is 6.61 Å². The summed E-state index contributed by atoms with van der Waals surface area (Å²) in [6, 6.07) is 22.9. The summed E-state index contributed by atoms with van der Waals surface area (Å²) in [4.78, 5) is 15.3. The molecule has 1 N–H and O–H groups in total. The molecule has 4 nitrogen and oxygen atoms in total. The zero-order valence-electron chi connectivity index (χ0n) is 17.6. The molecule has 0 heterocycles. The van der Waals surface area contributed by atoms with Crippen LogP contribution in [0.15, 0.2) is 72.8 Å². The summed E-state index contributed by atoms with van der Waals surface area (Å²) in [5.41, 5.74) is 3.70. The molecule has 0 spiro atoms. The van der Waals surface area contributed by atoms with Gasteiger partial charge in [0, 0.05) is 17.3 Å². The minimum absolute atomic E-state index is 0.102. The van der Waals surface area contributed by atoms with E-state index in [0.717, 1.165) is 22.4 Å². The molecular weight excluding hydrogens is 396 g/mol. The molecule has 5 heteroatoms. The van der Waals surface area contributed by atoms with Crippen LogP contribution >= 0.6 is 11.6 Å². The van der Waals surface area contributed by atoms with Crippen molar-refractivity contribution >= 4 is 23.2 Å². The van der Waals surface area contributed by atoms with Crippen LogP contribution in [-0.2, 0) is 11.3 Å². The van der Waals surface area contributed by atoms with Gasteiger partial charge in [0.1, 0.15) is 11.8 Å². The molecule has 156 valence electrons. The molecule has 30 heavy (non-hydrogen) atoms. The first-order valence-corrected chi connectivity index (χ1v) is 10.4. The fraction of sp³-hybridized carbons (Fsp3) is 0.240. The van der Waals surface area contributed by atoms with E-state index in [1.807, 2.05) is 92.5 Å². The number of likely N-dealkylation sites (N-methyl/N-ethyl adjacent to an activating group) is 1. The van der Waals surface area contributed by atoms with Crippen molar-refractivity contribution in [2.75, 3.05) is 19.0 Å². The second-order valence-corrected chi connectivity index (χ2v) is 7.67. The number of halogens is 1. The number of hydrogen-bond donors (Lipinski definition) is 1. The molecule has 1 amide bonds. The van der Waals surface area contributed by atoms with Gasteiger partial charge >= 0.3 is 0 Å². The lowest BCUT2D eigenvalue weighted by atomic mass is 10.0. The molecule has 3 aromatic carbocycles. The largest absolute Gasteiger partial charge is 0.494 e. The SMILES string of the molecule is CCOc1ccc(CN(C)[C@H](C(=O)Nc2ccc(C)c(Cl)c2)c2ccccc2)cc1. The number of nitrogens with one attached hydrogen (secondary N) is 1. The fourth-order valence-corrected chi connectivity index (χ4v) is 3.54. The molecular formula is C25H27ClN2O2. The van der Waals surface area contributed by atoms with Crippen molar-refractivity contribution in [3.05, 3.63) is 94.5 Å². The van der Waals surface area contributed by atoms with E-state index in [9.17, 15) is 4.79 Å². The number of hydrogen-bond acceptors (Lipinski definition) is 3. The van der Waals surface area contributed by atoms with Crippen LogP contribution in [-0.4, -0.2) is 24.5 Å². The van der Waals surface area contributed by atoms with Crippen LogP contribution in [0.4, 0.5) is 5.69 Å². The number of carbonyl (C=O) groups excluding carboxylic acids is 1. The first-order chi connectivity index (χ1) is 14.5. The highest BCUT2D eigenvalue weighted by Crippen LogP contribution is 2.26. The van der Waals surface area contributed by atoms with Crippen molar-refractivity contribution in [2.24, 2.45) is 0 Å². The monoisotopic (exact) mass is 422 g/mol. The molecule has 0 radical (unpaired) electrons. The third kappa shape index (κ3) is 5.62. The number of carbonyl (C=O) groups is 1. The Morgan fingerprint density at radius 1 is 1.07 bits per heavy atom. The molecule has 3 rings (SSSR count). The van der Waals surface area contributed by atoms with Gasteiger partial charge in [-0.05, 0) is 61.9 Å². The second-order valence-electron chi connectivity index (χ2n) is 7.26. The molecule has 0 aliphatic heterocycles. The average molecular weight is 423 g/mol. The Hall–Kier alpha value is -2.82. The molecule has 0 aromatic heterocycles. The van der Waals surface area contributed by atoms with E-state index in [1.165, 1.54) is 0 Å². The summed E-state index contributed by atoms with van der Waals surface area (Å²) in [7, 11) is 1.95. The summed E-state index contributed by atoms with van der Waals surface area (Å²) in [6.07, 6.45) is 0. The number of amides is 1. The van der Waals surface area contributed by atoms with E-state index in [0.29, 0.717) is 23.9 Å². The van der Waals surface area contributed by atoms with Gasteiger partial charge in [0.15, 0.2) is 0 Å². The molecule has 3 aromatic rings. The summed E-state index contributed by atoms with van der Waals surface area (Å²) in [6.45, 7) is 5.16. The number of rotatable bonds is 8. The molecule has 0 aliphatic rings. The van der Waals surface area contributed by atoms with Gasteiger partial charge < -0.3 is 10.1 Å². The van der Waals surface area contributed by atoms with E-state index < -0.39 is 6.04 Å². The Morgan fingerprint density at radius 2 is 1.77 bits per heavy atom. The van der Waals surface area contributed by atoms with Crippen molar-refractivity contribution in [1.82, 2.24) is 4.90 Å². The van der Waals surface area contributed by atoms with Crippen LogP contribution in [0.5, 0.6) is 5.75 Å². The first kappa shape index (κ1) is 21.9. The van der Waals surface area contributed by atoms with Crippen LogP contribution in [0.25, 0.3) is 0 Å². The van der Waals surface area contributed by atoms with Crippen molar-refractivity contribution in [2.45, 2.75) is 26.4 Å². The first-order valence-electron chi connectivity index (χ1n) is 10.0. The highest BCUT2D eigenvalue weighted by atomic mass is 35.5. The number of nitrogens with zero attached hydrogens (tertiary/aromatic N) is 1. The summed E-state index contributed by atoms with van der Waals surface area (Å²) < 4.78 is 5.52. The van der Waals surface area contributed by atoms with Gasteiger partial charge in [-0.1, -0.05) is 60.1 Å². The minimum Gasteiger partial charge on any atom is -0.494 e. The Labute approximate surface area is 183 Å². The van der Waals surface area contributed by atoms with Crippen molar-refractivity contribution in [3.8, 4) is 5.75 Å².